The molecule has 0 unspecified atom stereocenters. The maximum Gasteiger partial charge on any atom is 0.254 e. The largest absolute Gasteiger partial charge is 0.496 e. The Labute approximate surface area is 165 Å². The first kappa shape index (κ1) is 18.5. The van der Waals surface area contributed by atoms with Crippen LogP contribution in [0.2, 0.25) is 0 Å². The summed E-state index contributed by atoms with van der Waals surface area (Å²) in [6, 6.07) is 13.3. The van der Waals surface area contributed by atoms with Gasteiger partial charge in [-0.15, -0.1) is 0 Å². The molecule has 1 saturated heterocycles. The number of anilines is 1. The van der Waals surface area contributed by atoms with E-state index in [1.807, 2.05) is 54.3 Å². The summed E-state index contributed by atoms with van der Waals surface area (Å²) >= 11 is 0. The molecule has 0 aliphatic carbocycles. The Bertz CT molecular complexity index is 939. The monoisotopic (exact) mass is 378 g/mol. The standard InChI is InChI=1S/C23H26N2O3/c1-4-7-20-23(17-8-5-6-9-18(17)24-22(23)27)12-13-25(20)21(26)16-10-11-19(28-3)15(2)14-16/h5-6,8-11,14,20H,4,7,12-13H2,1-3H3,(H,24,27)/t20-,23+/m0/s1. The SMILES string of the molecule is CCC[C@@H]1N(C(=O)c2ccc(OC)c(C)c2)CC[C@]12C(=O)Nc1ccccc12. The van der Waals surface area contributed by atoms with Crippen molar-refractivity contribution in [1.82, 2.24) is 4.90 Å². The second-order valence-electron chi connectivity index (χ2n) is 7.71. The maximum atomic E-state index is 13.4. The first-order valence-electron chi connectivity index (χ1n) is 9.89. The summed E-state index contributed by atoms with van der Waals surface area (Å²) in [4.78, 5) is 28.4. The van der Waals surface area contributed by atoms with Gasteiger partial charge in [0.05, 0.1) is 18.6 Å². The minimum absolute atomic E-state index is 0.0155. The average Bonchev–Trinajstić information content (AvgIpc) is 3.21. The topological polar surface area (TPSA) is 58.6 Å². The van der Waals surface area contributed by atoms with Gasteiger partial charge in [-0.3, -0.25) is 9.59 Å². The number of aryl methyl sites for hydroxylation is 1. The molecule has 28 heavy (non-hydrogen) atoms. The van der Waals surface area contributed by atoms with E-state index in [9.17, 15) is 9.59 Å². The summed E-state index contributed by atoms with van der Waals surface area (Å²) in [5, 5.41) is 3.05. The molecule has 2 aliphatic heterocycles. The fraction of sp³-hybridized carbons (Fsp3) is 0.391. The molecular formula is C23H26N2O3. The summed E-state index contributed by atoms with van der Waals surface area (Å²) < 4.78 is 5.32. The molecule has 0 aromatic heterocycles. The molecule has 4 rings (SSSR count). The zero-order valence-corrected chi connectivity index (χ0v) is 16.6. The normalized spacial score (nSPS) is 23.0. The van der Waals surface area contributed by atoms with Crippen LogP contribution in [0.5, 0.6) is 5.75 Å². The first-order valence-corrected chi connectivity index (χ1v) is 9.89. The lowest BCUT2D eigenvalue weighted by molar-refractivity contribution is -0.121. The summed E-state index contributed by atoms with van der Waals surface area (Å²) in [6.45, 7) is 4.62. The molecule has 146 valence electrons. The van der Waals surface area contributed by atoms with E-state index in [0.29, 0.717) is 18.5 Å². The number of amides is 2. The third-order valence-corrected chi connectivity index (χ3v) is 6.22. The highest BCUT2D eigenvalue weighted by Crippen LogP contribution is 2.49. The first-order chi connectivity index (χ1) is 13.5. The van der Waals surface area contributed by atoms with Crippen molar-refractivity contribution < 1.29 is 14.3 Å². The minimum Gasteiger partial charge on any atom is -0.496 e. The van der Waals surface area contributed by atoms with Crippen LogP contribution in [0.1, 0.15) is 47.7 Å². The van der Waals surface area contributed by atoms with Crippen LogP contribution >= 0.6 is 0 Å². The third-order valence-electron chi connectivity index (χ3n) is 6.22. The maximum absolute atomic E-state index is 13.4. The Hall–Kier alpha value is -2.82. The third kappa shape index (κ3) is 2.60. The van der Waals surface area contributed by atoms with Gasteiger partial charge in [-0.1, -0.05) is 31.5 Å². The van der Waals surface area contributed by atoms with Gasteiger partial charge >= 0.3 is 0 Å². The van der Waals surface area contributed by atoms with E-state index in [1.165, 1.54) is 0 Å². The van der Waals surface area contributed by atoms with Crippen LogP contribution in [0.4, 0.5) is 5.69 Å². The van der Waals surface area contributed by atoms with Gasteiger partial charge in [0.25, 0.3) is 5.91 Å². The van der Waals surface area contributed by atoms with Crippen molar-refractivity contribution >= 4 is 17.5 Å². The van der Waals surface area contributed by atoms with Crippen LogP contribution in [0, 0.1) is 6.92 Å². The molecule has 0 radical (unpaired) electrons. The lowest BCUT2D eigenvalue weighted by atomic mass is 9.73. The highest BCUT2D eigenvalue weighted by atomic mass is 16.5. The summed E-state index contributed by atoms with van der Waals surface area (Å²) in [7, 11) is 1.63. The number of carbonyl (C=O) groups is 2. The van der Waals surface area contributed by atoms with Crippen molar-refractivity contribution in [1.29, 1.82) is 0 Å². The van der Waals surface area contributed by atoms with Crippen molar-refractivity contribution in [3.63, 3.8) is 0 Å². The Morgan fingerprint density at radius 2 is 2.07 bits per heavy atom. The molecule has 2 aromatic carbocycles. The van der Waals surface area contributed by atoms with Crippen molar-refractivity contribution in [3.8, 4) is 5.75 Å². The highest BCUT2D eigenvalue weighted by molar-refractivity contribution is 6.08. The second-order valence-corrected chi connectivity index (χ2v) is 7.71. The van der Waals surface area contributed by atoms with Crippen LogP contribution in [-0.2, 0) is 10.2 Å². The predicted octanol–water partition coefficient (Wildman–Crippen LogP) is 3.91. The molecule has 2 heterocycles. The van der Waals surface area contributed by atoms with Gasteiger partial charge in [-0.25, -0.2) is 0 Å². The molecule has 2 amide bonds. The van der Waals surface area contributed by atoms with Crippen molar-refractivity contribution in [2.45, 2.75) is 44.6 Å². The number of ether oxygens (including phenoxy) is 1. The number of methoxy groups -OCH3 is 1. The fourth-order valence-electron chi connectivity index (χ4n) is 4.90. The Morgan fingerprint density at radius 3 is 2.79 bits per heavy atom. The van der Waals surface area contributed by atoms with Crippen LogP contribution in [0.3, 0.4) is 0 Å². The lowest BCUT2D eigenvalue weighted by Gasteiger charge is -2.34. The van der Waals surface area contributed by atoms with Gasteiger partial charge in [0.1, 0.15) is 5.75 Å². The van der Waals surface area contributed by atoms with Crippen LogP contribution in [0.25, 0.3) is 0 Å². The van der Waals surface area contributed by atoms with Crippen molar-refractivity contribution in [2.24, 2.45) is 0 Å². The smallest absolute Gasteiger partial charge is 0.254 e. The van der Waals surface area contributed by atoms with Crippen LogP contribution in [-0.4, -0.2) is 36.4 Å². The number of nitrogens with zero attached hydrogens (tertiary/aromatic N) is 1. The molecule has 5 nitrogen and oxygen atoms in total. The lowest BCUT2D eigenvalue weighted by Crippen LogP contribution is -2.48. The van der Waals surface area contributed by atoms with Gasteiger partial charge in [-0.05, 0) is 55.2 Å². The molecule has 2 aromatic rings. The molecule has 1 N–H and O–H groups in total. The van der Waals surface area contributed by atoms with Gasteiger partial charge in [-0.2, -0.15) is 0 Å². The number of hydrogen-bond donors (Lipinski definition) is 1. The number of para-hydroxylation sites is 1. The minimum atomic E-state index is -0.649. The molecule has 0 bridgehead atoms. The number of benzene rings is 2. The summed E-state index contributed by atoms with van der Waals surface area (Å²) in [5.74, 6) is 0.773. The average molecular weight is 378 g/mol. The zero-order chi connectivity index (χ0) is 19.9. The zero-order valence-electron chi connectivity index (χ0n) is 16.6. The molecule has 1 spiro atoms. The highest BCUT2D eigenvalue weighted by Gasteiger charge is 2.58. The van der Waals surface area contributed by atoms with Gasteiger partial charge in [0.2, 0.25) is 5.91 Å². The number of likely N-dealkylation sites (tertiary alicyclic amines) is 1. The summed E-state index contributed by atoms with van der Waals surface area (Å²) in [6.07, 6.45) is 2.36. The molecule has 1 fully saturated rings. The molecule has 2 aliphatic rings. The number of nitrogens with one attached hydrogen (secondary N) is 1. The van der Waals surface area contributed by atoms with E-state index in [0.717, 1.165) is 35.4 Å². The summed E-state index contributed by atoms with van der Waals surface area (Å²) in [5.41, 5.74) is 2.83. The van der Waals surface area contributed by atoms with Gasteiger partial charge in [0.15, 0.2) is 0 Å². The number of carbonyl (C=O) groups excluding carboxylic acids is 2. The van der Waals surface area contributed by atoms with Crippen LogP contribution in [0.15, 0.2) is 42.5 Å². The Kier molecular flexibility index (Phi) is 4.61. The number of rotatable bonds is 4. The molecule has 2 atom stereocenters. The van der Waals surface area contributed by atoms with E-state index < -0.39 is 5.41 Å². The van der Waals surface area contributed by atoms with E-state index >= 15 is 0 Å². The van der Waals surface area contributed by atoms with Crippen LogP contribution < -0.4 is 10.1 Å². The van der Waals surface area contributed by atoms with Crippen molar-refractivity contribution in [2.75, 3.05) is 19.0 Å². The van der Waals surface area contributed by atoms with Gasteiger partial charge in [0, 0.05) is 17.8 Å². The van der Waals surface area contributed by atoms with E-state index in [2.05, 4.69) is 12.2 Å². The van der Waals surface area contributed by atoms with E-state index in [4.69, 9.17) is 4.74 Å². The Balaban J connectivity index is 1.73. The van der Waals surface area contributed by atoms with Crippen molar-refractivity contribution in [3.05, 3.63) is 59.2 Å². The predicted molar refractivity (Wildman–Crippen MR) is 109 cm³/mol. The fourth-order valence-corrected chi connectivity index (χ4v) is 4.90. The second kappa shape index (κ2) is 6.97. The molecule has 5 heteroatoms. The Morgan fingerprint density at radius 1 is 1.29 bits per heavy atom. The molecular weight excluding hydrogens is 352 g/mol. The number of fused-ring (bicyclic) bond motifs is 2. The van der Waals surface area contributed by atoms with E-state index in [1.54, 1.807) is 7.11 Å². The number of hydrogen-bond acceptors (Lipinski definition) is 3. The van der Waals surface area contributed by atoms with E-state index in [-0.39, 0.29) is 17.9 Å². The molecule has 0 saturated carbocycles. The quantitative estimate of drug-likeness (QED) is 0.878. The van der Waals surface area contributed by atoms with Gasteiger partial charge < -0.3 is 15.0 Å².